The van der Waals surface area contributed by atoms with E-state index in [1.165, 1.54) is 11.0 Å². The fourth-order valence-electron chi connectivity index (χ4n) is 2.51. The van der Waals surface area contributed by atoms with Gasteiger partial charge in [-0.3, -0.25) is 10.1 Å². The van der Waals surface area contributed by atoms with Crippen LogP contribution in [0.4, 0.5) is 4.79 Å². The number of carboxylic acid groups (broad SMARTS) is 1. The van der Waals surface area contributed by atoms with Gasteiger partial charge in [-0.25, -0.2) is 9.59 Å². The number of imide groups is 1. The molecule has 2 rings (SSSR count). The predicted molar refractivity (Wildman–Crippen MR) is 58.2 cm³/mol. The fraction of sp³-hybridized carbons (Fsp3) is 0.545. The van der Waals surface area contributed by atoms with Gasteiger partial charge < -0.3 is 10.0 Å². The van der Waals surface area contributed by atoms with Gasteiger partial charge in [0.2, 0.25) is 0 Å². The zero-order valence-electron chi connectivity index (χ0n) is 9.52. The van der Waals surface area contributed by atoms with E-state index in [-0.39, 0.29) is 11.9 Å². The summed E-state index contributed by atoms with van der Waals surface area (Å²) < 4.78 is 0. The Balaban J connectivity index is 2.15. The van der Waals surface area contributed by atoms with Gasteiger partial charge in [0, 0.05) is 13.1 Å². The Labute approximate surface area is 98.3 Å². The molecule has 0 bridgehead atoms. The zero-order valence-corrected chi connectivity index (χ0v) is 9.52. The number of carbonyl (C=O) groups excluding carboxylic acids is 2. The summed E-state index contributed by atoms with van der Waals surface area (Å²) in [6.07, 6.45) is 3.25. The number of likely N-dealkylation sites (N-methyl/N-ethyl adjacent to an activating group) is 1. The van der Waals surface area contributed by atoms with Crippen LogP contribution < -0.4 is 5.32 Å². The molecule has 2 N–H and O–H groups in total. The quantitative estimate of drug-likeness (QED) is 0.514. The van der Waals surface area contributed by atoms with Crippen molar-refractivity contribution in [2.24, 2.45) is 0 Å². The second-order valence-corrected chi connectivity index (χ2v) is 4.49. The van der Waals surface area contributed by atoms with Gasteiger partial charge in [0.25, 0.3) is 5.91 Å². The molecule has 2 fully saturated rings. The van der Waals surface area contributed by atoms with Crippen LogP contribution in [0.1, 0.15) is 25.7 Å². The highest BCUT2D eigenvalue weighted by Crippen LogP contribution is 2.38. The number of carboxylic acids is 1. The van der Waals surface area contributed by atoms with Gasteiger partial charge in [-0.05, 0) is 25.7 Å². The molecule has 0 aromatic rings. The third kappa shape index (κ3) is 1.79. The number of nitrogens with zero attached hydrogens (tertiary/aromatic N) is 1. The number of allylic oxidation sites excluding steroid dienone is 1. The Morgan fingerprint density at radius 1 is 1.41 bits per heavy atom. The maximum Gasteiger partial charge on any atom is 0.328 e. The molecule has 0 atom stereocenters. The molecule has 1 saturated heterocycles. The Hall–Kier alpha value is -1.85. The average molecular weight is 238 g/mol. The molecule has 1 aliphatic carbocycles. The van der Waals surface area contributed by atoms with Crippen LogP contribution in [-0.2, 0) is 9.59 Å². The molecule has 6 heteroatoms. The minimum absolute atomic E-state index is 0.264. The number of carbonyl (C=O) groups is 3. The maximum atomic E-state index is 11.8. The topological polar surface area (TPSA) is 86.7 Å². The van der Waals surface area contributed by atoms with Gasteiger partial charge in [0.05, 0.1) is 0 Å². The number of amides is 3. The lowest BCUT2D eigenvalue weighted by molar-refractivity contribution is -0.131. The van der Waals surface area contributed by atoms with Crippen LogP contribution in [0.15, 0.2) is 11.6 Å². The van der Waals surface area contributed by atoms with E-state index in [0.29, 0.717) is 25.7 Å². The van der Waals surface area contributed by atoms with Gasteiger partial charge in [-0.1, -0.05) is 5.57 Å². The van der Waals surface area contributed by atoms with E-state index >= 15 is 0 Å². The van der Waals surface area contributed by atoms with Crippen LogP contribution in [0.25, 0.3) is 0 Å². The lowest BCUT2D eigenvalue weighted by atomic mass is 9.78. The lowest BCUT2D eigenvalue weighted by Gasteiger charge is -2.36. The van der Waals surface area contributed by atoms with Gasteiger partial charge in [-0.2, -0.15) is 0 Å². The van der Waals surface area contributed by atoms with E-state index in [2.05, 4.69) is 5.32 Å². The highest BCUT2D eigenvalue weighted by atomic mass is 16.4. The number of nitrogens with one attached hydrogen (secondary N) is 1. The summed E-state index contributed by atoms with van der Waals surface area (Å²) in [5.41, 5.74) is 0.0519. The zero-order chi connectivity index (χ0) is 12.6. The van der Waals surface area contributed by atoms with Crippen LogP contribution in [0, 0.1) is 0 Å². The Morgan fingerprint density at radius 2 is 2.00 bits per heavy atom. The summed E-state index contributed by atoms with van der Waals surface area (Å²) in [5.74, 6) is -1.23. The van der Waals surface area contributed by atoms with Crippen molar-refractivity contribution in [2.45, 2.75) is 31.2 Å². The number of rotatable bonds is 1. The molecule has 6 nitrogen and oxygen atoms in total. The van der Waals surface area contributed by atoms with Crippen LogP contribution in [0.5, 0.6) is 0 Å². The number of aliphatic carboxylic acids is 1. The molecular weight excluding hydrogens is 224 g/mol. The van der Waals surface area contributed by atoms with E-state index in [1.807, 2.05) is 0 Å². The van der Waals surface area contributed by atoms with Crippen molar-refractivity contribution in [1.29, 1.82) is 0 Å². The first kappa shape index (κ1) is 11.6. The lowest BCUT2D eigenvalue weighted by Crippen LogP contribution is -2.49. The summed E-state index contributed by atoms with van der Waals surface area (Å²) in [7, 11) is 1.60. The molecule has 0 radical (unpaired) electrons. The molecule has 1 heterocycles. The highest BCUT2D eigenvalue weighted by Gasteiger charge is 2.51. The third-order valence-electron chi connectivity index (χ3n) is 3.64. The van der Waals surface area contributed by atoms with Crippen LogP contribution >= 0.6 is 0 Å². The average Bonchev–Trinajstić information content (AvgIpc) is 2.46. The van der Waals surface area contributed by atoms with Crippen LogP contribution in [-0.4, -0.2) is 40.5 Å². The van der Waals surface area contributed by atoms with Gasteiger partial charge in [0.15, 0.2) is 0 Å². The first-order chi connectivity index (χ1) is 7.95. The molecule has 1 saturated carbocycles. The molecule has 0 aromatic heterocycles. The van der Waals surface area contributed by atoms with Crippen molar-refractivity contribution >= 4 is 17.9 Å². The molecule has 0 unspecified atom stereocenters. The minimum Gasteiger partial charge on any atom is -0.478 e. The summed E-state index contributed by atoms with van der Waals surface area (Å²) in [6, 6.07) is -0.374. The molecular formula is C11H14N2O4. The molecule has 1 spiro atoms. The summed E-state index contributed by atoms with van der Waals surface area (Å²) in [4.78, 5) is 35.2. The van der Waals surface area contributed by atoms with Crippen LogP contribution in [0.3, 0.4) is 0 Å². The Morgan fingerprint density at radius 3 is 2.41 bits per heavy atom. The molecule has 0 aromatic carbocycles. The monoisotopic (exact) mass is 238 g/mol. The second-order valence-electron chi connectivity index (χ2n) is 4.49. The van der Waals surface area contributed by atoms with E-state index in [0.717, 1.165) is 5.57 Å². The highest BCUT2D eigenvalue weighted by molar-refractivity contribution is 6.07. The van der Waals surface area contributed by atoms with Crippen molar-refractivity contribution in [1.82, 2.24) is 10.2 Å². The van der Waals surface area contributed by atoms with Crippen molar-refractivity contribution in [3.8, 4) is 0 Å². The van der Waals surface area contributed by atoms with E-state index in [1.54, 1.807) is 7.05 Å². The van der Waals surface area contributed by atoms with Crippen LogP contribution in [0.2, 0.25) is 0 Å². The standard InChI is InChI=1S/C11H14N2O4/c1-13-10(17)12-9(16)11(13)4-2-7(3-5-11)6-8(14)15/h6H,2-5H2,1H3,(H,14,15)(H,12,16,17). The molecule has 3 amide bonds. The third-order valence-corrected chi connectivity index (χ3v) is 3.64. The van der Waals surface area contributed by atoms with Crippen molar-refractivity contribution < 1.29 is 19.5 Å². The maximum absolute atomic E-state index is 11.8. The van der Waals surface area contributed by atoms with Crippen molar-refractivity contribution in [3.05, 3.63) is 11.6 Å². The minimum atomic E-state index is -0.962. The Kier molecular flexibility index (Phi) is 2.65. The number of hydrogen-bond donors (Lipinski definition) is 2. The first-order valence-corrected chi connectivity index (χ1v) is 5.47. The Bertz CT molecular complexity index is 417. The molecule has 1 aliphatic heterocycles. The van der Waals surface area contributed by atoms with E-state index in [4.69, 9.17) is 5.11 Å². The van der Waals surface area contributed by atoms with E-state index < -0.39 is 11.5 Å². The predicted octanol–water partition coefficient (Wildman–Crippen LogP) is 0.492. The SMILES string of the molecule is CN1C(=O)NC(=O)C12CCC(=CC(=O)O)CC2. The molecule has 92 valence electrons. The number of hydrogen-bond acceptors (Lipinski definition) is 3. The normalized spacial score (nSPS) is 28.5. The van der Waals surface area contributed by atoms with Crippen molar-refractivity contribution in [2.75, 3.05) is 7.05 Å². The summed E-state index contributed by atoms with van der Waals surface area (Å²) >= 11 is 0. The fourth-order valence-corrected chi connectivity index (χ4v) is 2.51. The summed E-state index contributed by atoms with van der Waals surface area (Å²) in [6.45, 7) is 0. The second kappa shape index (κ2) is 3.87. The largest absolute Gasteiger partial charge is 0.478 e. The van der Waals surface area contributed by atoms with E-state index in [9.17, 15) is 14.4 Å². The van der Waals surface area contributed by atoms with Gasteiger partial charge >= 0.3 is 12.0 Å². The summed E-state index contributed by atoms with van der Waals surface area (Å²) in [5, 5.41) is 10.9. The molecule has 2 aliphatic rings. The smallest absolute Gasteiger partial charge is 0.328 e. The van der Waals surface area contributed by atoms with Gasteiger partial charge in [0.1, 0.15) is 5.54 Å². The first-order valence-electron chi connectivity index (χ1n) is 5.47. The molecule has 17 heavy (non-hydrogen) atoms. The number of urea groups is 1. The van der Waals surface area contributed by atoms with Gasteiger partial charge in [-0.15, -0.1) is 0 Å². The van der Waals surface area contributed by atoms with Crippen molar-refractivity contribution in [3.63, 3.8) is 0 Å².